The Balaban J connectivity index is 2.65. The molecule has 1 aromatic heterocycles. The summed E-state index contributed by atoms with van der Waals surface area (Å²) in [6, 6.07) is 4.36. The van der Waals surface area contributed by atoms with Gasteiger partial charge >= 0.3 is 0 Å². The number of nitrogens with zero attached hydrogens (tertiary/aromatic N) is 1. The van der Waals surface area contributed by atoms with Crippen LogP contribution >= 0.6 is 11.3 Å². The highest BCUT2D eigenvalue weighted by molar-refractivity contribution is 7.93. The van der Waals surface area contributed by atoms with Crippen LogP contribution in [0.5, 0.6) is 0 Å². The van der Waals surface area contributed by atoms with Crippen molar-refractivity contribution in [3.05, 3.63) is 29.8 Å². The van der Waals surface area contributed by atoms with Crippen molar-refractivity contribution in [2.45, 2.75) is 9.24 Å². The molecule has 4 N–H and O–H groups in total. The summed E-state index contributed by atoms with van der Waals surface area (Å²) in [6.45, 7) is 0. The van der Waals surface area contributed by atoms with Gasteiger partial charge in [-0.2, -0.15) is 0 Å². The number of aromatic nitrogens is 1. The monoisotopic (exact) mass is 255 g/mol. The molecule has 7 heteroatoms. The van der Waals surface area contributed by atoms with E-state index in [-0.39, 0.29) is 14.9 Å². The lowest BCUT2D eigenvalue weighted by Crippen LogP contribution is -2.06. The molecule has 0 amide bonds. The van der Waals surface area contributed by atoms with Gasteiger partial charge in [0.2, 0.25) is 14.2 Å². The first-order chi connectivity index (χ1) is 7.51. The minimum atomic E-state index is -3.65. The van der Waals surface area contributed by atoms with E-state index in [0.29, 0.717) is 5.69 Å². The lowest BCUT2D eigenvalue weighted by Gasteiger charge is -2.05. The Morgan fingerprint density at radius 2 is 2.00 bits per heavy atom. The van der Waals surface area contributed by atoms with Gasteiger partial charge in [0.05, 0.1) is 10.6 Å². The number of thiazole rings is 1. The van der Waals surface area contributed by atoms with Gasteiger partial charge in [-0.25, -0.2) is 13.4 Å². The summed E-state index contributed by atoms with van der Waals surface area (Å²) in [6.07, 6.45) is 1.43. The highest BCUT2D eigenvalue weighted by Gasteiger charge is 2.23. The first kappa shape index (κ1) is 10.9. The van der Waals surface area contributed by atoms with Crippen molar-refractivity contribution in [2.24, 2.45) is 0 Å². The highest BCUT2D eigenvalue weighted by atomic mass is 32.2. The molecule has 1 heterocycles. The number of benzene rings is 1. The third-order valence-corrected chi connectivity index (χ3v) is 4.98. The summed E-state index contributed by atoms with van der Waals surface area (Å²) in [4.78, 5) is 3.77. The van der Waals surface area contributed by atoms with Gasteiger partial charge in [-0.05, 0) is 18.2 Å². The second-order valence-corrected chi connectivity index (χ2v) is 6.09. The van der Waals surface area contributed by atoms with Crippen LogP contribution in [0, 0.1) is 0 Å². The normalized spacial score (nSPS) is 11.5. The number of hydrogen-bond donors (Lipinski definition) is 2. The van der Waals surface area contributed by atoms with Crippen LogP contribution in [-0.2, 0) is 9.84 Å². The molecule has 2 rings (SSSR count). The van der Waals surface area contributed by atoms with E-state index in [2.05, 4.69) is 4.98 Å². The Labute approximate surface area is 96.7 Å². The lowest BCUT2D eigenvalue weighted by atomic mass is 10.3. The van der Waals surface area contributed by atoms with Crippen LogP contribution in [0.2, 0.25) is 0 Å². The summed E-state index contributed by atoms with van der Waals surface area (Å²) < 4.78 is 24.2. The number of hydrogen-bond acceptors (Lipinski definition) is 6. The summed E-state index contributed by atoms with van der Waals surface area (Å²) in [5.74, 6) is 0. The SMILES string of the molecule is Nc1ccc(N)c(S(=O)(=O)c2nccs2)c1. The van der Waals surface area contributed by atoms with Crippen LogP contribution in [0.25, 0.3) is 0 Å². The Bertz CT molecular complexity index is 606. The molecule has 0 aliphatic rings. The van der Waals surface area contributed by atoms with Crippen molar-refractivity contribution in [1.82, 2.24) is 4.98 Å². The van der Waals surface area contributed by atoms with Crippen molar-refractivity contribution >= 4 is 32.5 Å². The predicted octanol–water partition coefficient (Wildman–Crippen LogP) is 1.14. The summed E-state index contributed by atoms with van der Waals surface area (Å²) in [7, 11) is -3.65. The van der Waals surface area contributed by atoms with Crippen molar-refractivity contribution in [3.8, 4) is 0 Å². The van der Waals surface area contributed by atoms with Crippen LogP contribution in [0.4, 0.5) is 11.4 Å². The Morgan fingerprint density at radius 3 is 2.62 bits per heavy atom. The van der Waals surface area contributed by atoms with Crippen molar-refractivity contribution in [1.29, 1.82) is 0 Å². The maximum absolute atomic E-state index is 12.1. The zero-order valence-electron chi connectivity index (χ0n) is 8.12. The molecule has 0 spiro atoms. The number of nitrogens with two attached hydrogens (primary N) is 2. The van der Waals surface area contributed by atoms with Gasteiger partial charge in [0.15, 0.2) is 0 Å². The van der Waals surface area contributed by atoms with Gasteiger partial charge in [-0.1, -0.05) is 0 Å². The standard InChI is InChI=1S/C9H9N3O2S2/c10-6-1-2-7(11)8(5-6)16(13,14)9-12-3-4-15-9/h1-5H,10-11H2. The maximum Gasteiger partial charge on any atom is 0.235 e. The fourth-order valence-electron chi connectivity index (χ4n) is 1.22. The maximum atomic E-state index is 12.1. The molecule has 0 saturated heterocycles. The minimum absolute atomic E-state index is 0.00227. The average molecular weight is 255 g/mol. The lowest BCUT2D eigenvalue weighted by molar-refractivity contribution is 0.595. The van der Waals surface area contributed by atoms with Crippen molar-refractivity contribution < 1.29 is 8.42 Å². The van der Waals surface area contributed by atoms with E-state index in [0.717, 1.165) is 11.3 Å². The quantitative estimate of drug-likeness (QED) is 0.784. The minimum Gasteiger partial charge on any atom is -0.399 e. The van der Waals surface area contributed by atoms with Crippen LogP contribution in [0.1, 0.15) is 0 Å². The molecule has 84 valence electrons. The molecule has 0 unspecified atom stereocenters. The van der Waals surface area contributed by atoms with E-state index in [1.165, 1.54) is 18.3 Å². The smallest absolute Gasteiger partial charge is 0.235 e. The summed E-state index contributed by atoms with van der Waals surface area (Å²) in [5, 5.41) is 1.59. The van der Waals surface area contributed by atoms with E-state index >= 15 is 0 Å². The zero-order chi connectivity index (χ0) is 11.8. The van der Waals surface area contributed by atoms with Gasteiger partial charge in [-0.3, -0.25) is 0 Å². The van der Waals surface area contributed by atoms with Gasteiger partial charge in [0.25, 0.3) is 0 Å². The molecule has 0 aliphatic carbocycles. The van der Waals surface area contributed by atoms with Crippen LogP contribution in [0.3, 0.4) is 0 Å². The van der Waals surface area contributed by atoms with Gasteiger partial charge in [0, 0.05) is 17.3 Å². The van der Waals surface area contributed by atoms with E-state index in [1.807, 2.05) is 0 Å². The fourth-order valence-corrected chi connectivity index (χ4v) is 3.58. The molecular weight excluding hydrogens is 246 g/mol. The number of anilines is 2. The topological polar surface area (TPSA) is 99.1 Å². The Hall–Kier alpha value is -1.60. The van der Waals surface area contributed by atoms with E-state index in [1.54, 1.807) is 11.4 Å². The zero-order valence-corrected chi connectivity index (χ0v) is 9.75. The molecule has 0 aliphatic heterocycles. The molecule has 0 radical (unpaired) electrons. The van der Waals surface area contributed by atoms with Crippen LogP contribution < -0.4 is 11.5 Å². The van der Waals surface area contributed by atoms with Gasteiger partial charge < -0.3 is 11.5 Å². The number of sulfone groups is 1. The molecule has 0 saturated carbocycles. The average Bonchev–Trinajstić information content (AvgIpc) is 2.75. The number of rotatable bonds is 2. The molecule has 1 aromatic carbocycles. The van der Waals surface area contributed by atoms with E-state index in [9.17, 15) is 8.42 Å². The van der Waals surface area contributed by atoms with Crippen molar-refractivity contribution in [2.75, 3.05) is 11.5 Å². The van der Waals surface area contributed by atoms with E-state index in [4.69, 9.17) is 11.5 Å². The predicted molar refractivity (Wildman–Crippen MR) is 62.8 cm³/mol. The van der Waals surface area contributed by atoms with Crippen LogP contribution in [-0.4, -0.2) is 13.4 Å². The summed E-state index contributed by atoms with van der Waals surface area (Å²) in [5.41, 5.74) is 11.7. The molecular formula is C9H9N3O2S2. The molecule has 2 aromatic rings. The van der Waals surface area contributed by atoms with E-state index < -0.39 is 9.84 Å². The highest BCUT2D eigenvalue weighted by Crippen LogP contribution is 2.28. The summed E-state index contributed by atoms with van der Waals surface area (Å²) >= 11 is 1.04. The molecule has 16 heavy (non-hydrogen) atoms. The number of nitrogen functional groups attached to an aromatic ring is 2. The first-order valence-corrected chi connectivity index (χ1v) is 6.67. The van der Waals surface area contributed by atoms with Gasteiger partial charge in [-0.15, -0.1) is 11.3 Å². The molecule has 5 nitrogen and oxygen atoms in total. The molecule has 0 bridgehead atoms. The second kappa shape index (κ2) is 3.76. The van der Waals surface area contributed by atoms with Crippen LogP contribution in [0.15, 0.2) is 39.0 Å². The van der Waals surface area contributed by atoms with Gasteiger partial charge in [0.1, 0.15) is 0 Å². The first-order valence-electron chi connectivity index (χ1n) is 4.31. The van der Waals surface area contributed by atoms with Crippen molar-refractivity contribution in [3.63, 3.8) is 0 Å². The third-order valence-electron chi connectivity index (χ3n) is 1.97. The second-order valence-electron chi connectivity index (χ2n) is 3.10. The third kappa shape index (κ3) is 1.74. The molecule has 0 fully saturated rings. The molecule has 0 atom stereocenters. The Kier molecular flexibility index (Phi) is 2.56. The Morgan fingerprint density at radius 1 is 1.25 bits per heavy atom. The fraction of sp³-hybridized carbons (Fsp3) is 0. The largest absolute Gasteiger partial charge is 0.399 e.